The minimum Gasteiger partial charge on any atom is -0.395 e. The maximum absolute atomic E-state index is 14.3. The van der Waals surface area contributed by atoms with E-state index in [1.54, 1.807) is 23.2 Å². The normalized spacial score (nSPS) is 10.5. The summed E-state index contributed by atoms with van der Waals surface area (Å²) >= 11 is 0. The van der Waals surface area contributed by atoms with E-state index in [0.717, 1.165) is 13.0 Å². The van der Waals surface area contributed by atoms with Crippen molar-refractivity contribution < 1.29 is 9.50 Å². The number of nitrogens with one attached hydrogen (secondary N) is 1. The van der Waals surface area contributed by atoms with Crippen molar-refractivity contribution in [1.82, 2.24) is 10.3 Å². The van der Waals surface area contributed by atoms with Gasteiger partial charge in [-0.05, 0) is 19.0 Å². The molecule has 0 spiro atoms. The number of rotatable bonds is 9. The molecule has 2 N–H and O–H groups in total. The average molecular weight is 267 g/mol. The van der Waals surface area contributed by atoms with Gasteiger partial charge in [0.15, 0.2) is 11.6 Å². The molecule has 1 aromatic heterocycles. The Bertz CT molecular complexity index is 398. The lowest BCUT2D eigenvalue weighted by Crippen LogP contribution is -2.29. The quantitative estimate of drug-likeness (QED) is 0.528. The molecule has 5 heteroatoms. The van der Waals surface area contributed by atoms with Crippen molar-refractivity contribution in [3.63, 3.8) is 0 Å². The van der Waals surface area contributed by atoms with Crippen LogP contribution in [0.15, 0.2) is 24.9 Å². The molecule has 1 rings (SSSR count). The van der Waals surface area contributed by atoms with Crippen molar-refractivity contribution in [2.75, 3.05) is 31.1 Å². The second kappa shape index (κ2) is 8.61. The number of nitrogens with zero attached hydrogens (tertiary/aromatic N) is 2. The molecule has 19 heavy (non-hydrogen) atoms. The standard InChI is InChI=1S/C14H22FN3O/c1-3-6-16-11-12-5-7-17-14(13(12)15)18(8-4-2)9-10-19/h4-5,7,16,19H,2-3,6,8-11H2,1H3. The van der Waals surface area contributed by atoms with Gasteiger partial charge in [-0.2, -0.15) is 0 Å². The molecule has 4 nitrogen and oxygen atoms in total. The predicted octanol–water partition coefficient (Wildman–Crippen LogP) is 1.70. The zero-order chi connectivity index (χ0) is 14.1. The Labute approximate surface area is 114 Å². The Balaban J connectivity index is 2.87. The highest BCUT2D eigenvalue weighted by molar-refractivity contribution is 5.43. The molecule has 0 aliphatic carbocycles. The van der Waals surface area contributed by atoms with Crippen molar-refractivity contribution in [2.24, 2.45) is 0 Å². The molecule has 0 unspecified atom stereocenters. The van der Waals surface area contributed by atoms with E-state index < -0.39 is 0 Å². The molecule has 0 aliphatic rings. The molecule has 0 aromatic carbocycles. The van der Waals surface area contributed by atoms with Gasteiger partial charge in [0, 0.05) is 31.4 Å². The lowest BCUT2D eigenvalue weighted by atomic mass is 10.2. The second-order valence-corrected chi connectivity index (χ2v) is 4.24. The zero-order valence-electron chi connectivity index (χ0n) is 11.4. The maximum Gasteiger partial charge on any atom is 0.170 e. The first-order valence-electron chi connectivity index (χ1n) is 6.55. The van der Waals surface area contributed by atoms with Crippen LogP contribution in [-0.2, 0) is 6.54 Å². The number of aromatic nitrogens is 1. The Morgan fingerprint density at radius 1 is 1.58 bits per heavy atom. The number of hydrogen-bond donors (Lipinski definition) is 2. The van der Waals surface area contributed by atoms with Gasteiger partial charge in [0.1, 0.15) is 0 Å². The number of aliphatic hydroxyl groups is 1. The lowest BCUT2D eigenvalue weighted by Gasteiger charge is -2.22. The number of anilines is 1. The van der Waals surface area contributed by atoms with Crippen LogP contribution in [0, 0.1) is 5.82 Å². The van der Waals surface area contributed by atoms with Gasteiger partial charge in [0.25, 0.3) is 0 Å². The first kappa shape index (κ1) is 15.6. The van der Waals surface area contributed by atoms with Gasteiger partial charge < -0.3 is 15.3 Å². The molecule has 1 aromatic rings. The van der Waals surface area contributed by atoms with Gasteiger partial charge >= 0.3 is 0 Å². The monoisotopic (exact) mass is 267 g/mol. The van der Waals surface area contributed by atoms with Crippen molar-refractivity contribution in [1.29, 1.82) is 0 Å². The first-order chi connectivity index (χ1) is 9.24. The molecular weight excluding hydrogens is 245 g/mol. The third kappa shape index (κ3) is 4.61. The van der Waals surface area contributed by atoms with Crippen molar-refractivity contribution >= 4 is 5.82 Å². The number of aliphatic hydroxyl groups excluding tert-OH is 1. The molecule has 0 radical (unpaired) electrons. The molecule has 1 heterocycles. The topological polar surface area (TPSA) is 48.4 Å². The Hall–Kier alpha value is -1.46. The Morgan fingerprint density at radius 3 is 3.00 bits per heavy atom. The van der Waals surface area contributed by atoms with Crippen LogP contribution in [0.2, 0.25) is 0 Å². The SMILES string of the molecule is C=CCN(CCO)c1nccc(CNCCC)c1F. The lowest BCUT2D eigenvalue weighted by molar-refractivity contribution is 0.302. The van der Waals surface area contributed by atoms with Crippen LogP contribution >= 0.6 is 0 Å². The van der Waals surface area contributed by atoms with Crippen LogP contribution < -0.4 is 10.2 Å². The van der Waals surface area contributed by atoms with E-state index in [2.05, 4.69) is 23.8 Å². The van der Waals surface area contributed by atoms with Crippen LogP contribution in [0.25, 0.3) is 0 Å². The van der Waals surface area contributed by atoms with Crippen molar-refractivity contribution in [3.05, 3.63) is 36.3 Å². The Kier molecular flexibility index (Phi) is 7.07. The molecular formula is C14H22FN3O. The van der Waals surface area contributed by atoms with Crippen LogP contribution in [0.4, 0.5) is 10.2 Å². The fraction of sp³-hybridized carbons (Fsp3) is 0.500. The third-order valence-corrected chi connectivity index (χ3v) is 2.71. The highest BCUT2D eigenvalue weighted by Crippen LogP contribution is 2.19. The first-order valence-corrected chi connectivity index (χ1v) is 6.55. The van der Waals surface area contributed by atoms with E-state index in [9.17, 15) is 4.39 Å². The molecule has 0 fully saturated rings. The summed E-state index contributed by atoms with van der Waals surface area (Å²) < 4.78 is 14.3. The van der Waals surface area contributed by atoms with Crippen molar-refractivity contribution in [3.8, 4) is 0 Å². The van der Waals surface area contributed by atoms with E-state index in [4.69, 9.17) is 5.11 Å². The fourth-order valence-corrected chi connectivity index (χ4v) is 1.79. The summed E-state index contributed by atoms with van der Waals surface area (Å²) in [5.41, 5.74) is 0.588. The van der Waals surface area contributed by atoms with Gasteiger partial charge in [-0.1, -0.05) is 13.0 Å². The maximum atomic E-state index is 14.3. The van der Waals surface area contributed by atoms with Crippen LogP contribution in [0.1, 0.15) is 18.9 Å². The van der Waals surface area contributed by atoms with Crippen molar-refractivity contribution in [2.45, 2.75) is 19.9 Å². The van der Waals surface area contributed by atoms with E-state index in [-0.39, 0.29) is 18.2 Å². The summed E-state index contributed by atoms with van der Waals surface area (Å²) in [6.07, 6.45) is 4.26. The molecule has 0 saturated heterocycles. The Morgan fingerprint density at radius 2 is 2.37 bits per heavy atom. The van der Waals surface area contributed by atoms with E-state index in [0.29, 0.717) is 25.2 Å². The van der Waals surface area contributed by atoms with E-state index in [1.165, 1.54) is 0 Å². The molecule has 106 valence electrons. The van der Waals surface area contributed by atoms with Gasteiger partial charge in [-0.3, -0.25) is 0 Å². The summed E-state index contributed by atoms with van der Waals surface area (Å²) in [6.45, 7) is 7.77. The van der Waals surface area contributed by atoms with Crippen LogP contribution in [0.3, 0.4) is 0 Å². The van der Waals surface area contributed by atoms with E-state index in [1.807, 2.05) is 0 Å². The van der Waals surface area contributed by atoms with Crippen LogP contribution in [0.5, 0.6) is 0 Å². The number of halogens is 1. The highest BCUT2D eigenvalue weighted by Gasteiger charge is 2.14. The summed E-state index contributed by atoms with van der Waals surface area (Å²) in [4.78, 5) is 5.74. The average Bonchev–Trinajstić information content (AvgIpc) is 2.41. The summed E-state index contributed by atoms with van der Waals surface area (Å²) in [5, 5.41) is 12.2. The molecule has 0 atom stereocenters. The smallest absolute Gasteiger partial charge is 0.170 e. The predicted molar refractivity (Wildman–Crippen MR) is 75.7 cm³/mol. The summed E-state index contributed by atoms with van der Waals surface area (Å²) in [6, 6.07) is 1.67. The fourth-order valence-electron chi connectivity index (χ4n) is 1.79. The molecule has 0 amide bonds. The van der Waals surface area contributed by atoms with Gasteiger partial charge in [-0.25, -0.2) is 9.37 Å². The summed E-state index contributed by atoms with van der Waals surface area (Å²) in [5.74, 6) is -0.0637. The largest absolute Gasteiger partial charge is 0.395 e. The molecule has 0 aliphatic heterocycles. The summed E-state index contributed by atoms with van der Waals surface area (Å²) in [7, 11) is 0. The van der Waals surface area contributed by atoms with Gasteiger partial charge in [0.05, 0.1) is 6.61 Å². The zero-order valence-corrected chi connectivity index (χ0v) is 11.4. The third-order valence-electron chi connectivity index (χ3n) is 2.71. The van der Waals surface area contributed by atoms with Crippen LogP contribution in [-0.4, -0.2) is 36.3 Å². The molecule has 0 saturated carbocycles. The highest BCUT2D eigenvalue weighted by atomic mass is 19.1. The molecule has 0 bridgehead atoms. The van der Waals surface area contributed by atoms with E-state index >= 15 is 0 Å². The second-order valence-electron chi connectivity index (χ2n) is 4.24. The minimum absolute atomic E-state index is 0.0483. The van der Waals surface area contributed by atoms with Gasteiger partial charge in [-0.15, -0.1) is 6.58 Å². The number of pyridine rings is 1. The minimum atomic E-state index is -0.332. The number of hydrogen-bond acceptors (Lipinski definition) is 4. The van der Waals surface area contributed by atoms with Gasteiger partial charge in [0.2, 0.25) is 0 Å².